The average molecular weight is 455 g/mol. The second-order valence-electron chi connectivity index (χ2n) is 8.81. The van der Waals surface area contributed by atoms with Gasteiger partial charge in [-0.1, -0.05) is 64.5 Å². The fourth-order valence-electron chi connectivity index (χ4n) is 4.46. The SMILES string of the molecule is CC(C)(C)OC(=O)N1CC[C@@]2(C/C=C/c3ccccc3)c3c(Br)cccc3N[C@@H]12. The number of likely N-dealkylation sites (tertiary alicyclic amines) is 1. The largest absolute Gasteiger partial charge is 0.444 e. The van der Waals surface area contributed by atoms with Gasteiger partial charge in [-0.05, 0) is 56.9 Å². The van der Waals surface area contributed by atoms with Gasteiger partial charge in [0.2, 0.25) is 0 Å². The van der Waals surface area contributed by atoms with Gasteiger partial charge < -0.3 is 10.1 Å². The van der Waals surface area contributed by atoms with Gasteiger partial charge in [0.15, 0.2) is 0 Å². The molecule has 152 valence electrons. The fourth-order valence-corrected chi connectivity index (χ4v) is 5.22. The average Bonchev–Trinajstić information content (AvgIpc) is 3.15. The van der Waals surface area contributed by atoms with Crippen LogP contribution in [0.4, 0.5) is 10.5 Å². The predicted molar refractivity (Wildman–Crippen MR) is 121 cm³/mol. The highest BCUT2D eigenvalue weighted by Crippen LogP contribution is 2.53. The first-order valence-corrected chi connectivity index (χ1v) is 10.9. The maximum atomic E-state index is 12.9. The molecule has 2 aliphatic rings. The van der Waals surface area contributed by atoms with Gasteiger partial charge in [0.1, 0.15) is 11.8 Å². The van der Waals surface area contributed by atoms with Gasteiger partial charge in [-0.3, -0.25) is 4.90 Å². The van der Waals surface area contributed by atoms with Gasteiger partial charge >= 0.3 is 6.09 Å². The molecule has 0 unspecified atom stereocenters. The van der Waals surface area contributed by atoms with E-state index in [9.17, 15) is 4.79 Å². The van der Waals surface area contributed by atoms with E-state index in [1.807, 2.05) is 49.9 Å². The Labute approximate surface area is 181 Å². The lowest BCUT2D eigenvalue weighted by Gasteiger charge is -2.33. The molecule has 2 aromatic rings. The van der Waals surface area contributed by atoms with E-state index >= 15 is 0 Å². The molecular weight excluding hydrogens is 428 g/mol. The molecule has 1 N–H and O–H groups in total. The number of amides is 1. The standard InChI is InChI=1S/C24H27BrN2O2/c1-23(2,3)29-22(28)27-16-15-24(14-8-11-17-9-5-4-6-10-17)20-18(25)12-7-13-19(20)26-21(24)27/h4-13,21,26H,14-16H2,1-3H3/b11-8+/t21-,24-/m0/s1. The summed E-state index contributed by atoms with van der Waals surface area (Å²) >= 11 is 3.76. The third-order valence-electron chi connectivity index (χ3n) is 5.66. The van der Waals surface area contributed by atoms with Crippen LogP contribution in [0.5, 0.6) is 0 Å². The first-order chi connectivity index (χ1) is 13.8. The molecule has 0 bridgehead atoms. The maximum absolute atomic E-state index is 12.9. The molecule has 1 saturated heterocycles. The number of nitrogens with zero attached hydrogens (tertiary/aromatic N) is 1. The molecule has 2 atom stereocenters. The molecule has 2 aliphatic heterocycles. The summed E-state index contributed by atoms with van der Waals surface area (Å²) in [5.41, 5.74) is 2.83. The van der Waals surface area contributed by atoms with Crippen LogP contribution in [0.2, 0.25) is 0 Å². The Bertz CT molecular complexity index is 936. The molecule has 2 heterocycles. The Morgan fingerprint density at radius 2 is 2.00 bits per heavy atom. The van der Waals surface area contributed by atoms with Crippen molar-refractivity contribution in [2.75, 3.05) is 11.9 Å². The summed E-state index contributed by atoms with van der Waals surface area (Å²) < 4.78 is 6.78. The molecule has 5 heteroatoms. The monoisotopic (exact) mass is 454 g/mol. The molecule has 4 nitrogen and oxygen atoms in total. The van der Waals surface area contributed by atoms with E-state index in [2.05, 4.69) is 57.7 Å². The van der Waals surface area contributed by atoms with Gasteiger partial charge in [-0.25, -0.2) is 4.79 Å². The number of benzene rings is 2. The normalized spacial score (nSPS) is 23.0. The van der Waals surface area contributed by atoms with Crippen LogP contribution in [0.15, 0.2) is 59.1 Å². The second kappa shape index (κ2) is 7.52. The summed E-state index contributed by atoms with van der Waals surface area (Å²) in [4.78, 5) is 14.8. The Morgan fingerprint density at radius 3 is 2.72 bits per heavy atom. The van der Waals surface area contributed by atoms with E-state index in [0.29, 0.717) is 6.54 Å². The first-order valence-electron chi connectivity index (χ1n) is 10.1. The zero-order valence-electron chi connectivity index (χ0n) is 17.1. The smallest absolute Gasteiger partial charge is 0.411 e. The van der Waals surface area contributed by atoms with Gasteiger partial charge in [0, 0.05) is 22.1 Å². The molecule has 0 radical (unpaired) electrons. The molecule has 29 heavy (non-hydrogen) atoms. The lowest BCUT2D eigenvalue weighted by molar-refractivity contribution is 0.0226. The zero-order valence-corrected chi connectivity index (χ0v) is 18.7. The van der Waals surface area contributed by atoms with Crippen molar-refractivity contribution in [2.24, 2.45) is 0 Å². The van der Waals surface area contributed by atoms with Crippen LogP contribution in [0.3, 0.4) is 0 Å². The summed E-state index contributed by atoms with van der Waals surface area (Å²) in [6.45, 7) is 6.39. The number of rotatable bonds is 3. The lowest BCUT2D eigenvalue weighted by atomic mass is 9.76. The van der Waals surface area contributed by atoms with Crippen molar-refractivity contribution < 1.29 is 9.53 Å². The van der Waals surface area contributed by atoms with E-state index in [-0.39, 0.29) is 17.7 Å². The Morgan fingerprint density at radius 1 is 1.24 bits per heavy atom. The van der Waals surface area contributed by atoms with Gasteiger partial charge in [0.25, 0.3) is 0 Å². The quantitative estimate of drug-likeness (QED) is 0.601. The topological polar surface area (TPSA) is 41.6 Å². The third kappa shape index (κ3) is 3.80. The molecule has 0 aliphatic carbocycles. The number of hydrogen-bond acceptors (Lipinski definition) is 3. The van der Waals surface area contributed by atoms with Gasteiger partial charge in [-0.2, -0.15) is 0 Å². The van der Waals surface area contributed by atoms with E-state index in [1.54, 1.807) is 0 Å². The number of anilines is 1. The summed E-state index contributed by atoms with van der Waals surface area (Å²) in [6.07, 6.45) is 5.75. The van der Waals surface area contributed by atoms with Crippen molar-refractivity contribution in [3.05, 3.63) is 70.2 Å². The predicted octanol–water partition coefficient (Wildman–Crippen LogP) is 6.18. The maximum Gasteiger partial charge on any atom is 0.411 e. The molecule has 1 amide bonds. The Hall–Kier alpha value is -2.27. The number of ether oxygens (including phenoxy) is 1. The number of fused-ring (bicyclic) bond motifs is 3. The third-order valence-corrected chi connectivity index (χ3v) is 6.32. The molecule has 4 rings (SSSR count). The van der Waals surface area contributed by atoms with Crippen LogP contribution >= 0.6 is 15.9 Å². The molecule has 1 fully saturated rings. The van der Waals surface area contributed by atoms with Crippen LogP contribution < -0.4 is 5.32 Å². The summed E-state index contributed by atoms with van der Waals surface area (Å²) in [6, 6.07) is 16.5. The highest BCUT2D eigenvalue weighted by Gasteiger charge is 2.55. The highest BCUT2D eigenvalue weighted by molar-refractivity contribution is 9.10. The van der Waals surface area contributed by atoms with Crippen LogP contribution in [0, 0.1) is 0 Å². The minimum Gasteiger partial charge on any atom is -0.444 e. The zero-order chi connectivity index (χ0) is 20.6. The fraction of sp³-hybridized carbons (Fsp3) is 0.375. The van der Waals surface area contributed by atoms with E-state index in [1.165, 1.54) is 11.1 Å². The highest BCUT2D eigenvalue weighted by atomic mass is 79.9. The number of nitrogens with one attached hydrogen (secondary N) is 1. The number of allylic oxidation sites excluding steroid dienone is 1. The summed E-state index contributed by atoms with van der Waals surface area (Å²) in [5, 5.41) is 3.60. The van der Waals surface area contributed by atoms with E-state index in [0.717, 1.165) is 23.0 Å². The lowest BCUT2D eigenvalue weighted by Crippen LogP contribution is -2.47. The number of hydrogen-bond donors (Lipinski definition) is 1. The molecular formula is C24H27BrN2O2. The first kappa shape index (κ1) is 20.0. The minimum absolute atomic E-state index is 0.119. The summed E-state index contributed by atoms with van der Waals surface area (Å²) in [5.74, 6) is 0. The van der Waals surface area contributed by atoms with Crippen molar-refractivity contribution in [3.8, 4) is 0 Å². The summed E-state index contributed by atoms with van der Waals surface area (Å²) in [7, 11) is 0. The van der Waals surface area contributed by atoms with Crippen LogP contribution in [-0.2, 0) is 10.2 Å². The number of halogens is 1. The molecule has 2 aromatic carbocycles. The van der Waals surface area contributed by atoms with Crippen molar-refractivity contribution in [3.63, 3.8) is 0 Å². The van der Waals surface area contributed by atoms with Gasteiger partial charge in [0.05, 0.1) is 0 Å². The van der Waals surface area contributed by atoms with Crippen LogP contribution in [-0.4, -0.2) is 29.3 Å². The van der Waals surface area contributed by atoms with Crippen molar-refractivity contribution in [2.45, 2.75) is 50.8 Å². The molecule has 0 spiro atoms. The second-order valence-corrected chi connectivity index (χ2v) is 9.66. The Kier molecular flexibility index (Phi) is 5.19. The van der Waals surface area contributed by atoms with E-state index < -0.39 is 5.60 Å². The van der Waals surface area contributed by atoms with Crippen molar-refractivity contribution in [1.82, 2.24) is 4.90 Å². The van der Waals surface area contributed by atoms with Crippen LogP contribution in [0.25, 0.3) is 6.08 Å². The van der Waals surface area contributed by atoms with Gasteiger partial charge in [-0.15, -0.1) is 0 Å². The number of carbonyl (C=O) groups excluding carboxylic acids is 1. The Balaban J connectivity index is 1.66. The molecule has 0 saturated carbocycles. The minimum atomic E-state index is -0.512. The van der Waals surface area contributed by atoms with Crippen LogP contribution in [0.1, 0.15) is 44.7 Å². The van der Waals surface area contributed by atoms with Crippen molar-refractivity contribution in [1.29, 1.82) is 0 Å². The number of carbonyl (C=O) groups is 1. The van der Waals surface area contributed by atoms with E-state index in [4.69, 9.17) is 4.74 Å². The van der Waals surface area contributed by atoms with Crippen molar-refractivity contribution >= 4 is 33.8 Å². The molecule has 0 aromatic heterocycles.